The first-order valence-electron chi connectivity index (χ1n) is 13.7. The summed E-state index contributed by atoms with van der Waals surface area (Å²) in [5.74, 6) is -0.0638. The summed E-state index contributed by atoms with van der Waals surface area (Å²) < 4.78 is 36.8. The SMILES string of the molecule is BC(B)(B)NC(=O)c1nnc(NC(=O)C2CC2)cc1Nc1cccc(-c2noc([C@@H]3C[C@@H](O)CN3S(C)(=O)=O)n2)c1OC. The largest absolute Gasteiger partial charge is 0.494 e. The lowest BCUT2D eigenvalue weighted by atomic mass is 9.49. The summed E-state index contributed by atoms with van der Waals surface area (Å²) in [6.45, 7) is -0.0713. The summed E-state index contributed by atoms with van der Waals surface area (Å²) in [7, 11) is 3.32. The number of aliphatic hydroxyl groups is 1. The molecule has 3 heterocycles. The maximum atomic E-state index is 13.1. The Morgan fingerprint density at radius 2 is 1.93 bits per heavy atom. The summed E-state index contributed by atoms with van der Waals surface area (Å²) in [4.78, 5) is 30.0. The number of β-amino-alcohol motifs (C(OH)–C–C–N with tert-alkyl or cyclic N) is 1. The smallest absolute Gasteiger partial charge is 0.272 e. The van der Waals surface area contributed by atoms with Crippen LogP contribution >= 0.6 is 0 Å². The number of amides is 2. The summed E-state index contributed by atoms with van der Waals surface area (Å²) >= 11 is 0. The number of aromatic nitrogens is 4. The number of ether oxygens (including phenoxy) is 1. The maximum Gasteiger partial charge on any atom is 0.272 e. The Balaban J connectivity index is 1.49. The van der Waals surface area contributed by atoms with E-state index in [1.165, 1.54) is 13.2 Å². The number of carbonyl (C=O) groups excluding carboxylic acids is 2. The number of aliphatic hydroxyl groups excluding tert-OH is 1. The molecule has 1 saturated heterocycles. The van der Waals surface area contributed by atoms with E-state index in [-0.39, 0.29) is 53.7 Å². The van der Waals surface area contributed by atoms with Crippen molar-refractivity contribution in [3.05, 3.63) is 35.9 Å². The van der Waals surface area contributed by atoms with Crippen LogP contribution in [-0.2, 0) is 14.8 Å². The van der Waals surface area contributed by atoms with Crippen LogP contribution in [0.2, 0.25) is 0 Å². The molecule has 2 atom stereocenters. The van der Waals surface area contributed by atoms with Gasteiger partial charge in [0.05, 0.1) is 36.4 Å². The molecule has 1 saturated carbocycles. The summed E-state index contributed by atoms with van der Waals surface area (Å²) in [5.41, 5.74) is 1.08. The van der Waals surface area contributed by atoms with Crippen molar-refractivity contribution in [1.29, 1.82) is 0 Å². The molecule has 5 rings (SSSR count). The molecular formula is C24H31B3N8O7S. The van der Waals surface area contributed by atoms with Crippen molar-refractivity contribution in [2.45, 2.75) is 36.6 Å². The molecule has 2 aromatic heterocycles. The normalized spacial score (nSPS) is 19.1. The lowest BCUT2D eigenvalue weighted by Crippen LogP contribution is -2.50. The van der Waals surface area contributed by atoms with Crippen molar-refractivity contribution in [3.63, 3.8) is 0 Å². The molecule has 1 aliphatic carbocycles. The van der Waals surface area contributed by atoms with Crippen molar-refractivity contribution >= 4 is 62.6 Å². The number of nitrogens with one attached hydrogen (secondary N) is 3. The second-order valence-electron chi connectivity index (χ2n) is 11.7. The Morgan fingerprint density at radius 1 is 1.19 bits per heavy atom. The first-order valence-corrected chi connectivity index (χ1v) is 15.5. The summed E-state index contributed by atoms with van der Waals surface area (Å²) in [6, 6.07) is 5.81. The summed E-state index contributed by atoms with van der Waals surface area (Å²) in [6.07, 6.45) is 1.93. The number of methoxy groups -OCH3 is 1. The molecule has 19 heteroatoms. The van der Waals surface area contributed by atoms with Crippen molar-refractivity contribution in [3.8, 4) is 17.1 Å². The molecule has 4 N–H and O–H groups in total. The van der Waals surface area contributed by atoms with Gasteiger partial charge in [0, 0.05) is 24.9 Å². The van der Waals surface area contributed by atoms with Crippen LogP contribution in [0, 0.1) is 5.92 Å². The monoisotopic (exact) mass is 608 g/mol. The zero-order valence-corrected chi connectivity index (χ0v) is 25.2. The van der Waals surface area contributed by atoms with Gasteiger partial charge in [-0.1, -0.05) is 11.2 Å². The van der Waals surface area contributed by atoms with Gasteiger partial charge in [-0.05, 0) is 30.2 Å². The fraction of sp³-hybridized carbons (Fsp3) is 0.417. The Bertz CT molecular complexity index is 1660. The molecule has 2 aliphatic rings. The minimum Gasteiger partial charge on any atom is -0.494 e. The topological polar surface area (TPSA) is 202 Å². The van der Waals surface area contributed by atoms with E-state index in [0.29, 0.717) is 17.0 Å². The minimum atomic E-state index is -3.64. The van der Waals surface area contributed by atoms with Crippen molar-refractivity contribution in [2.75, 3.05) is 30.5 Å². The van der Waals surface area contributed by atoms with Crippen LogP contribution in [0.15, 0.2) is 28.8 Å². The molecule has 3 aromatic rings. The zero-order valence-electron chi connectivity index (χ0n) is 24.4. The minimum absolute atomic E-state index is 0.00527. The van der Waals surface area contributed by atoms with Gasteiger partial charge in [0.25, 0.3) is 5.91 Å². The molecule has 2 fully saturated rings. The van der Waals surface area contributed by atoms with E-state index in [9.17, 15) is 23.1 Å². The second kappa shape index (κ2) is 11.6. The molecular weight excluding hydrogens is 577 g/mol. The van der Waals surface area contributed by atoms with Gasteiger partial charge in [-0.25, -0.2) is 8.42 Å². The number of hydrogen-bond acceptors (Lipinski definition) is 12. The van der Waals surface area contributed by atoms with E-state index in [1.54, 1.807) is 18.2 Å². The van der Waals surface area contributed by atoms with Crippen molar-refractivity contribution in [2.24, 2.45) is 5.92 Å². The first kappa shape index (κ1) is 30.5. The van der Waals surface area contributed by atoms with E-state index in [2.05, 4.69) is 36.3 Å². The summed E-state index contributed by atoms with van der Waals surface area (Å²) in [5, 5.41) is 30.6. The van der Waals surface area contributed by atoms with E-state index >= 15 is 0 Å². The number of rotatable bonds is 10. The van der Waals surface area contributed by atoms with Crippen LogP contribution in [0.1, 0.15) is 41.7 Å². The second-order valence-corrected chi connectivity index (χ2v) is 13.6. The van der Waals surface area contributed by atoms with Crippen molar-refractivity contribution in [1.82, 2.24) is 30.0 Å². The lowest BCUT2D eigenvalue weighted by Gasteiger charge is -2.21. The van der Waals surface area contributed by atoms with E-state index in [1.807, 2.05) is 23.5 Å². The van der Waals surface area contributed by atoms with Gasteiger partial charge >= 0.3 is 0 Å². The Morgan fingerprint density at radius 3 is 2.58 bits per heavy atom. The van der Waals surface area contributed by atoms with Crippen LogP contribution in [0.25, 0.3) is 11.4 Å². The molecule has 0 spiro atoms. The molecule has 224 valence electrons. The molecule has 0 unspecified atom stereocenters. The molecule has 15 nitrogen and oxygen atoms in total. The molecule has 2 amide bonds. The number of benzene rings is 1. The predicted octanol–water partition coefficient (Wildman–Crippen LogP) is -2.06. The van der Waals surface area contributed by atoms with Gasteiger partial charge in [0.1, 0.15) is 29.6 Å². The molecule has 43 heavy (non-hydrogen) atoms. The molecule has 0 radical (unpaired) electrons. The lowest BCUT2D eigenvalue weighted by molar-refractivity contribution is -0.117. The fourth-order valence-electron chi connectivity index (χ4n) is 4.72. The number of para-hydroxylation sites is 1. The molecule has 1 aliphatic heterocycles. The standard InChI is InChI=1S/C24H31B3N8O7S/c1-41-19-13(20-30-23(42-34-20)16-8-12(36)10-35(16)43(2,39)40)4-3-5-14(19)28-15-9-17(29-21(37)11-6-7-11)32-33-18(15)22(38)31-24(25,26)27/h3-5,9,11-12,16,36H,6-8,10,25-27H2,1-2H3,(H,31,38)(H2,28,29,32,37)/t12-,16+/m1/s1. The Kier molecular flexibility index (Phi) is 8.24. The third-order valence-corrected chi connectivity index (χ3v) is 8.07. The fourth-order valence-corrected chi connectivity index (χ4v) is 5.80. The zero-order chi connectivity index (χ0) is 31.1. The number of hydrogen-bond donors (Lipinski definition) is 4. The average molecular weight is 608 g/mol. The maximum absolute atomic E-state index is 13.1. The van der Waals surface area contributed by atoms with E-state index < -0.39 is 33.3 Å². The van der Waals surface area contributed by atoms with E-state index in [0.717, 1.165) is 23.4 Å². The molecule has 0 bridgehead atoms. The van der Waals surface area contributed by atoms with Gasteiger partial charge < -0.3 is 30.3 Å². The highest BCUT2D eigenvalue weighted by atomic mass is 32.2. The van der Waals surface area contributed by atoms with Crippen LogP contribution in [-0.4, -0.2) is 105 Å². The van der Waals surface area contributed by atoms with Gasteiger partial charge in [-0.3, -0.25) is 9.59 Å². The van der Waals surface area contributed by atoms with E-state index in [4.69, 9.17) is 9.26 Å². The number of nitrogens with zero attached hydrogens (tertiary/aromatic N) is 5. The van der Waals surface area contributed by atoms with Gasteiger partial charge in [0.2, 0.25) is 27.6 Å². The highest BCUT2D eigenvalue weighted by Crippen LogP contribution is 2.39. The highest BCUT2D eigenvalue weighted by Gasteiger charge is 2.41. The third kappa shape index (κ3) is 7.00. The first-order chi connectivity index (χ1) is 20.2. The van der Waals surface area contributed by atoms with Crippen LogP contribution < -0.4 is 20.7 Å². The van der Waals surface area contributed by atoms with Crippen LogP contribution in [0.5, 0.6) is 5.75 Å². The van der Waals surface area contributed by atoms with Crippen LogP contribution in [0.4, 0.5) is 17.2 Å². The Hall–Kier alpha value is -3.96. The van der Waals surface area contributed by atoms with Crippen LogP contribution in [0.3, 0.4) is 0 Å². The van der Waals surface area contributed by atoms with Gasteiger partial charge in [-0.2, -0.15) is 9.29 Å². The van der Waals surface area contributed by atoms with Gasteiger partial charge in [-0.15, -0.1) is 10.2 Å². The highest BCUT2D eigenvalue weighted by molar-refractivity contribution is 7.88. The molecule has 1 aromatic carbocycles. The Labute approximate surface area is 250 Å². The van der Waals surface area contributed by atoms with Crippen molar-refractivity contribution < 1.29 is 32.4 Å². The number of carbonyl (C=O) groups is 2. The average Bonchev–Trinajstić information content (AvgIpc) is 3.52. The number of anilines is 3. The predicted molar refractivity (Wildman–Crippen MR) is 164 cm³/mol. The van der Waals surface area contributed by atoms with Gasteiger partial charge in [0.15, 0.2) is 17.3 Å². The number of sulfonamides is 1. The third-order valence-electron chi connectivity index (χ3n) is 6.81. The quantitative estimate of drug-likeness (QED) is 0.184.